The molecular formula is C11H17N5. The van der Waals surface area contributed by atoms with E-state index >= 15 is 0 Å². The van der Waals surface area contributed by atoms with Crippen molar-refractivity contribution in [2.75, 3.05) is 5.32 Å². The van der Waals surface area contributed by atoms with E-state index in [1.54, 1.807) is 4.52 Å². The van der Waals surface area contributed by atoms with Gasteiger partial charge in [0.1, 0.15) is 12.1 Å². The Bertz CT molecular complexity index is 500. The van der Waals surface area contributed by atoms with Crippen molar-refractivity contribution in [1.29, 1.82) is 0 Å². The molecule has 0 aliphatic heterocycles. The summed E-state index contributed by atoms with van der Waals surface area (Å²) in [5.41, 5.74) is 0.974. The van der Waals surface area contributed by atoms with Gasteiger partial charge in [-0.3, -0.25) is 0 Å². The van der Waals surface area contributed by atoms with E-state index in [-0.39, 0.29) is 5.54 Å². The van der Waals surface area contributed by atoms with Gasteiger partial charge in [-0.15, -0.1) is 0 Å². The van der Waals surface area contributed by atoms with E-state index in [0.717, 1.165) is 17.9 Å². The third kappa shape index (κ3) is 1.98. The summed E-state index contributed by atoms with van der Waals surface area (Å²) in [6.45, 7) is 8.43. The van der Waals surface area contributed by atoms with Crippen LogP contribution in [-0.2, 0) is 0 Å². The molecule has 2 heterocycles. The number of aromatic nitrogens is 4. The molecule has 5 nitrogen and oxygen atoms in total. The molecule has 1 N–H and O–H groups in total. The molecule has 86 valence electrons. The Morgan fingerprint density at radius 3 is 2.88 bits per heavy atom. The minimum atomic E-state index is 0.0344. The van der Waals surface area contributed by atoms with Crippen LogP contribution >= 0.6 is 0 Å². The fourth-order valence-corrected chi connectivity index (χ4v) is 1.45. The third-order valence-electron chi connectivity index (χ3n) is 2.73. The van der Waals surface area contributed by atoms with Gasteiger partial charge in [0.25, 0.3) is 5.78 Å². The number of rotatable bonds is 3. The Balaban J connectivity index is 2.47. The zero-order valence-electron chi connectivity index (χ0n) is 10.2. The van der Waals surface area contributed by atoms with Crippen molar-refractivity contribution >= 4 is 11.6 Å². The second-order valence-electron chi connectivity index (χ2n) is 4.62. The molecule has 0 saturated heterocycles. The maximum absolute atomic E-state index is 4.30. The van der Waals surface area contributed by atoms with Crippen molar-refractivity contribution in [3.63, 3.8) is 0 Å². The van der Waals surface area contributed by atoms with Crippen LogP contribution in [-0.4, -0.2) is 25.1 Å². The fourth-order valence-electron chi connectivity index (χ4n) is 1.45. The third-order valence-corrected chi connectivity index (χ3v) is 2.73. The average molecular weight is 219 g/mol. The Morgan fingerprint density at radius 1 is 1.44 bits per heavy atom. The SMILES string of the molecule is CCC(C)(C)Nc1cc(C)nc2ncnn12. The maximum atomic E-state index is 4.30. The van der Waals surface area contributed by atoms with Gasteiger partial charge < -0.3 is 5.32 Å². The quantitative estimate of drug-likeness (QED) is 0.858. The molecule has 0 radical (unpaired) electrons. The van der Waals surface area contributed by atoms with Gasteiger partial charge >= 0.3 is 0 Å². The molecule has 5 heteroatoms. The number of fused-ring (bicyclic) bond motifs is 1. The molecule has 16 heavy (non-hydrogen) atoms. The number of hydrogen-bond acceptors (Lipinski definition) is 4. The van der Waals surface area contributed by atoms with Gasteiger partial charge in [0.2, 0.25) is 0 Å². The Labute approximate surface area is 94.9 Å². The van der Waals surface area contributed by atoms with Crippen molar-refractivity contribution < 1.29 is 0 Å². The molecule has 0 aromatic carbocycles. The standard InChI is InChI=1S/C11H17N5/c1-5-11(3,4)15-9-6-8(2)14-10-12-7-13-16(9)10/h6-7,15H,5H2,1-4H3. The first kappa shape index (κ1) is 10.9. The lowest BCUT2D eigenvalue weighted by Gasteiger charge is -2.25. The maximum Gasteiger partial charge on any atom is 0.254 e. The number of anilines is 1. The normalized spacial score (nSPS) is 12.0. The van der Waals surface area contributed by atoms with Crippen LogP contribution in [0.4, 0.5) is 5.82 Å². The van der Waals surface area contributed by atoms with Crippen LogP contribution in [0.1, 0.15) is 32.9 Å². The Morgan fingerprint density at radius 2 is 2.19 bits per heavy atom. The van der Waals surface area contributed by atoms with Gasteiger partial charge in [-0.25, -0.2) is 4.98 Å². The van der Waals surface area contributed by atoms with E-state index in [0.29, 0.717) is 5.78 Å². The van der Waals surface area contributed by atoms with Crippen LogP contribution < -0.4 is 5.32 Å². The Hall–Kier alpha value is -1.65. The summed E-state index contributed by atoms with van der Waals surface area (Å²) in [6.07, 6.45) is 2.55. The molecule has 0 spiro atoms. The molecular weight excluding hydrogens is 202 g/mol. The van der Waals surface area contributed by atoms with Gasteiger partial charge in [0.05, 0.1) is 0 Å². The first-order valence-corrected chi connectivity index (χ1v) is 5.47. The van der Waals surface area contributed by atoms with E-state index in [2.05, 4.69) is 41.2 Å². The minimum Gasteiger partial charge on any atom is -0.365 e. The zero-order chi connectivity index (χ0) is 11.8. The molecule has 0 atom stereocenters. The van der Waals surface area contributed by atoms with Crippen molar-refractivity contribution in [1.82, 2.24) is 19.6 Å². The van der Waals surface area contributed by atoms with E-state index in [1.807, 2.05) is 13.0 Å². The predicted octanol–water partition coefficient (Wildman–Crippen LogP) is 2.03. The van der Waals surface area contributed by atoms with Crippen LogP contribution in [0.15, 0.2) is 12.4 Å². The van der Waals surface area contributed by atoms with Crippen LogP contribution in [0.2, 0.25) is 0 Å². The second-order valence-corrected chi connectivity index (χ2v) is 4.62. The first-order valence-electron chi connectivity index (χ1n) is 5.47. The summed E-state index contributed by atoms with van der Waals surface area (Å²) >= 11 is 0. The fraction of sp³-hybridized carbons (Fsp3) is 0.545. The highest BCUT2D eigenvalue weighted by molar-refractivity contribution is 5.46. The lowest BCUT2D eigenvalue weighted by Crippen LogP contribution is -2.31. The monoisotopic (exact) mass is 219 g/mol. The summed E-state index contributed by atoms with van der Waals surface area (Å²) in [5, 5.41) is 7.62. The molecule has 0 saturated carbocycles. The smallest absolute Gasteiger partial charge is 0.254 e. The molecule has 2 aromatic rings. The van der Waals surface area contributed by atoms with Crippen molar-refractivity contribution in [2.24, 2.45) is 0 Å². The first-order chi connectivity index (χ1) is 7.52. The van der Waals surface area contributed by atoms with E-state index in [1.165, 1.54) is 6.33 Å². The van der Waals surface area contributed by atoms with Gasteiger partial charge in [-0.1, -0.05) is 6.92 Å². The van der Waals surface area contributed by atoms with E-state index in [9.17, 15) is 0 Å². The second kappa shape index (κ2) is 3.73. The van der Waals surface area contributed by atoms with Gasteiger partial charge in [-0.2, -0.15) is 14.6 Å². The zero-order valence-corrected chi connectivity index (χ0v) is 10.2. The topological polar surface area (TPSA) is 55.1 Å². The Kier molecular flexibility index (Phi) is 2.53. The minimum absolute atomic E-state index is 0.0344. The molecule has 0 aliphatic carbocycles. The number of nitrogens with one attached hydrogen (secondary N) is 1. The molecule has 2 aromatic heterocycles. The average Bonchev–Trinajstić information content (AvgIpc) is 2.65. The van der Waals surface area contributed by atoms with E-state index in [4.69, 9.17) is 0 Å². The molecule has 0 unspecified atom stereocenters. The number of hydrogen-bond donors (Lipinski definition) is 1. The molecule has 2 rings (SSSR count). The summed E-state index contributed by atoms with van der Waals surface area (Å²) in [7, 11) is 0. The van der Waals surface area contributed by atoms with Crippen molar-refractivity contribution in [3.8, 4) is 0 Å². The van der Waals surface area contributed by atoms with Gasteiger partial charge in [0.15, 0.2) is 0 Å². The van der Waals surface area contributed by atoms with Crippen LogP contribution in [0.3, 0.4) is 0 Å². The summed E-state index contributed by atoms with van der Waals surface area (Å²) in [6, 6.07) is 1.99. The van der Waals surface area contributed by atoms with Crippen molar-refractivity contribution in [2.45, 2.75) is 39.7 Å². The molecule has 0 aliphatic rings. The molecule has 0 fully saturated rings. The molecule has 0 bridgehead atoms. The molecule has 0 amide bonds. The van der Waals surface area contributed by atoms with Gasteiger partial charge in [0, 0.05) is 17.3 Å². The van der Waals surface area contributed by atoms with Crippen molar-refractivity contribution in [3.05, 3.63) is 18.1 Å². The highest BCUT2D eigenvalue weighted by Gasteiger charge is 2.16. The van der Waals surface area contributed by atoms with Crippen LogP contribution in [0, 0.1) is 6.92 Å². The number of nitrogens with zero attached hydrogens (tertiary/aromatic N) is 4. The highest BCUT2D eigenvalue weighted by Crippen LogP contribution is 2.18. The lowest BCUT2D eigenvalue weighted by atomic mass is 10.0. The summed E-state index contributed by atoms with van der Waals surface area (Å²) in [4.78, 5) is 8.40. The van der Waals surface area contributed by atoms with Crippen LogP contribution in [0.5, 0.6) is 0 Å². The van der Waals surface area contributed by atoms with Crippen LogP contribution in [0.25, 0.3) is 5.78 Å². The largest absolute Gasteiger partial charge is 0.365 e. The lowest BCUT2D eigenvalue weighted by molar-refractivity contribution is 0.542. The summed E-state index contributed by atoms with van der Waals surface area (Å²) < 4.78 is 1.73. The van der Waals surface area contributed by atoms with Gasteiger partial charge in [-0.05, 0) is 27.2 Å². The highest BCUT2D eigenvalue weighted by atomic mass is 15.4. The summed E-state index contributed by atoms with van der Waals surface area (Å²) in [5.74, 6) is 1.57. The van der Waals surface area contributed by atoms with E-state index < -0.39 is 0 Å². The number of aryl methyl sites for hydroxylation is 1. The predicted molar refractivity (Wildman–Crippen MR) is 63.5 cm³/mol.